The third-order valence-electron chi connectivity index (χ3n) is 4.01. The zero-order chi connectivity index (χ0) is 15.4. The summed E-state index contributed by atoms with van der Waals surface area (Å²) in [7, 11) is 0. The fraction of sp³-hybridized carbons (Fsp3) is 0.438. The van der Waals surface area contributed by atoms with Gasteiger partial charge in [0.05, 0.1) is 5.69 Å². The number of rotatable bonds is 6. The van der Waals surface area contributed by atoms with Gasteiger partial charge in [-0.1, -0.05) is 0 Å². The lowest BCUT2D eigenvalue weighted by Gasteiger charge is -2.13. The molecule has 6 heteroatoms. The van der Waals surface area contributed by atoms with Gasteiger partial charge in [0, 0.05) is 43.6 Å². The average molecular weight is 304 g/mol. The van der Waals surface area contributed by atoms with Crippen molar-refractivity contribution in [3.8, 4) is 11.5 Å². The fourth-order valence-corrected chi connectivity index (χ4v) is 2.55. The molecule has 2 aromatic rings. The van der Waals surface area contributed by atoms with Gasteiger partial charge in [0.25, 0.3) is 0 Å². The maximum absolute atomic E-state index is 12.9. The van der Waals surface area contributed by atoms with Gasteiger partial charge in [-0.25, -0.2) is 9.37 Å². The minimum absolute atomic E-state index is 0.259. The Morgan fingerprint density at radius 3 is 2.91 bits per heavy atom. The zero-order valence-corrected chi connectivity index (χ0v) is 12.6. The minimum Gasteiger partial charge on any atom is -0.444 e. The maximum Gasteiger partial charge on any atom is 0.226 e. The predicted molar refractivity (Wildman–Crippen MR) is 82.6 cm³/mol. The summed E-state index contributed by atoms with van der Waals surface area (Å²) in [6.07, 6.45) is 2.48. The van der Waals surface area contributed by atoms with E-state index < -0.39 is 0 Å². The number of hydrogen-bond donors (Lipinski definition) is 3. The monoisotopic (exact) mass is 304 g/mol. The molecule has 2 atom stereocenters. The highest BCUT2D eigenvalue weighted by Gasteiger charge is 2.21. The Hall–Kier alpha value is -1.76. The third-order valence-corrected chi connectivity index (χ3v) is 4.01. The second-order valence-electron chi connectivity index (χ2n) is 5.68. The molecule has 2 heterocycles. The second-order valence-corrected chi connectivity index (χ2v) is 5.68. The molecule has 1 aliphatic rings. The number of hydrogen-bond acceptors (Lipinski definition) is 5. The Morgan fingerprint density at radius 2 is 2.18 bits per heavy atom. The van der Waals surface area contributed by atoms with Crippen LogP contribution >= 0.6 is 0 Å². The molecular weight excluding hydrogens is 283 g/mol. The molecule has 118 valence electrons. The van der Waals surface area contributed by atoms with Gasteiger partial charge in [0.2, 0.25) is 5.89 Å². The molecule has 3 rings (SSSR count). The van der Waals surface area contributed by atoms with Crippen LogP contribution < -0.4 is 16.2 Å². The van der Waals surface area contributed by atoms with Crippen molar-refractivity contribution in [2.75, 3.05) is 19.6 Å². The first-order valence-corrected chi connectivity index (χ1v) is 7.62. The molecular formula is C16H21FN4O. The Morgan fingerprint density at radius 1 is 1.36 bits per heavy atom. The van der Waals surface area contributed by atoms with Crippen LogP contribution in [0.2, 0.25) is 0 Å². The van der Waals surface area contributed by atoms with Crippen molar-refractivity contribution in [1.29, 1.82) is 0 Å². The largest absolute Gasteiger partial charge is 0.444 e. The molecule has 1 saturated heterocycles. The summed E-state index contributed by atoms with van der Waals surface area (Å²) in [6, 6.07) is 6.65. The first kappa shape index (κ1) is 15.1. The summed E-state index contributed by atoms with van der Waals surface area (Å²) in [5, 5.41) is 3.45. The first-order valence-electron chi connectivity index (χ1n) is 7.62. The van der Waals surface area contributed by atoms with Crippen LogP contribution in [0.25, 0.3) is 11.5 Å². The molecule has 1 aliphatic heterocycles. The maximum atomic E-state index is 12.9. The van der Waals surface area contributed by atoms with Crippen LogP contribution in [-0.2, 0) is 6.42 Å². The van der Waals surface area contributed by atoms with Crippen molar-refractivity contribution < 1.29 is 8.81 Å². The van der Waals surface area contributed by atoms with E-state index in [0.717, 1.165) is 37.3 Å². The highest BCUT2D eigenvalue weighted by Crippen LogP contribution is 2.19. The normalized spacial score (nSPS) is 21.4. The van der Waals surface area contributed by atoms with E-state index in [-0.39, 0.29) is 5.82 Å². The number of aromatic nitrogens is 1. The molecule has 0 bridgehead atoms. The number of nitrogens with one attached hydrogen (secondary N) is 3. The topological polar surface area (TPSA) is 62.1 Å². The molecule has 1 aromatic heterocycles. The molecule has 3 N–H and O–H groups in total. The summed E-state index contributed by atoms with van der Waals surface area (Å²) in [5.41, 5.74) is 8.07. The number of halogens is 1. The van der Waals surface area contributed by atoms with E-state index in [4.69, 9.17) is 4.42 Å². The van der Waals surface area contributed by atoms with E-state index in [1.54, 1.807) is 18.4 Å². The van der Waals surface area contributed by atoms with Gasteiger partial charge in [-0.2, -0.15) is 0 Å². The van der Waals surface area contributed by atoms with E-state index in [1.807, 2.05) is 0 Å². The Bertz CT molecular complexity index is 598. The van der Waals surface area contributed by atoms with Crippen molar-refractivity contribution in [2.24, 2.45) is 5.92 Å². The summed E-state index contributed by atoms with van der Waals surface area (Å²) < 4.78 is 18.4. The van der Waals surface area contributed by atoms with Gasteiger partial charge in [-0.3, -0.25) is 10.9 Å². The Labute approximate surface area is 129 Å². The van der Waals surface area contributed by atoms with Gasteiger partial charge in [0.1, 0.15) is 12.1 Å². The lowest BCUT2D eigenvalue weighted by Crippen LogP contribution is -2.33. The number of hydrazine groups is 1. The van der Waals surface area contributed by atoms with Crippen LogP contribution in [0.1, 0.15) is 12.6 Å². The van der Waals surface area contributed by atoms with E-state index in [2.05, 4.69) is 28.1 Å². The highest BCUT2D eigenvalue weighted by atomic mass is 19.1. The van der Waals surface area contributed by atoms with Crippen LogP contribution in [0.4, 0.5) is 4.39 Å². The van der Waals surface area contributed by atoms with E-state index in [0.29, 0.717) is 17.9 Å². The van der Waals surface area contributed by atoms with Gasteiger partial charge in [0.15, 0.2) is 0 Å². The second kappa shape index (κ2) is 7.00. The van der Waals surface area contributed by atoms with Gasteiger partial charge >= 0.3 is 0 Å². The Kier molecular flexibility index (Phi) is 4.82. The highest BCUT2D eigenvalue weighted by molar-refractivity contribution is 5.52. The third kappa shape index (κ3) is 3.71. The molecule has 5 nitrogen and oxygen atoms in total. The van der Waals surface area contributed by atoms with Crippen LogP contribution in [0.3, 0.4) is 0 Å². The number of nitrogens with zero attached hydrogens (tertiary/aromatic N) is 1. The van der Waals surface area contributed by atoms with Gasteiger partial charge in [-0.05, 0) is 31.2 Å². The molecule has 0 aliphatic carbocycles. The van der Waals surface area contributed by atoms with Gasteiger partial charge < -0.3 is 9.73 Å². The van der Waals surface area contributed by atoms with Crippen molar-refractivity contribution in [2.45, 2.75) is 19.4 Å². The van der Waals surface area contributed by atoms with Crippen molar-refractivity contribution in [1.82, 2.24) is 21.2 Å². The number of benzene rings is 1. The van der Waals surface area contributed by atoms with Crippen LogP contribution in [0.5, 0.6) is 0 Å². The SMILES string of the molecule is CC1NNCC1CNCCc1coc(-c2ccc(F)cc2)n1. The average Bonchev–Trinajstić information content (AvgIpc) is 3.14. The molecule has 1 fully saturated rings. The zero-order valence-electron chi connectivity index (χ0n) is 12.6. The lowest BCUT2D eigenvalue weighted by molar-refractivity contribution is 0.455. The van der Waals surface area contributed by atoms with E-state index in [9.17, 15) is 4.39 Å². The minimum atomic E-state index is -0.259. The van der Waals surface area contributed by atoms with Crippen molar-refractivity contribution >= 4 is 0 Å². The van der Waals surface area contributed by atoms with Crippen LogP contribution in [0, 0.1) is 11.7 Å². The smallest absolute Gasteiger partial charge is 0.226 e. The molecule has 0 saturated carbocycles. The molecule has 0 radical (unpaired) electrons. The molecule has 0 spiro atoms. The quantitative estimate of drug-likeness (QED) is 0.710. The summed E-state index contributed by atoms with van der Waals surface area (Å²) >= 11 is 0. The van der Waals surface area contributed by atoms with E-state index in [1.165, 1.54) is 12.1 Å². The molecule has 22 heavy (non-hydrogen) atoms. The number of oxazole rings is 1. The lowest BCUT2D eigenvalue weighted by atomic mass is 10.0. The van der Waals surface area contributed by atoms with Crippen LogP contribution in [-0.4, -0.2) is 30.7 Å². The van der Waals surface area contributed by atoms with Crippen molar-refractivity contribution in [3.63, 3.8) is 0 Å². The molecule has 0 amide bonds. The molecule has 2 unspecified atom stereocenters. The van der Waals surface area contributed by atoms with Crippen LogP contribution in [0.15, 0.2) is 34.9 Å². The summed E-state index contributed by atoms with van der Waals surface area (Å²) in [6.45, 7) is 5.01. The van der Waals surface area contributed by atoms with Crippen molar-refractivity contribution in [3.05, 3.63) is 42.0 Å². The molecule has 1 aromatic carbocycles. The standard InChI is InChI=1S/C16H21FN4O/c1-11-13(9-19-21-11)8-18-7-6-15-10-22-16(20-15)12-2-4-14(17)5-3-12/h2-5,10-11,13,18-19,21H,6-9H2,1H3. The Balaban J connectivity index is 1.46. The summed E-state index contributed by atoms with van der Waals surface area (Å²) in [5.74, 6) is 0.879. The summed E-state index contributed by atoms with van der Waals surface area (Å²) in [4.78, 5) is 4.44. The first-order chi connectivity index (χ1) is 10.7. The predicted octanol–water partition coefficient (Wildman–Crippen LogP) is 1.73. The van der Waals surface area contributed by atoms with E-state index >= 15 is 0 Å². The fourth-order valence-electron chi connectivity index (χ4n) is 2.55. The van der Waals surface area contributed by atoms with Gasteiger partial charge in [-0.15, -0.1) is 0 Å².